The van der Waals surface area contributed by atoms with Gasteiger partial charge in [-0.05, 0) is 56.0 Å². The molecule has 0 bridgehead atoms. The Morgan fingerprint density at radius 1 is 1.16 bits per heavy atom. The highest BCUT2D eigenvalue weighted by atomic mass is 32.1. The third-order valence-corrected chi connectivity index (χ3v) is 6.52. The predicted molar refractivity (Wildman–Crippen MR) is 122 cm³/mol. The lowest BCUT2D eigenvalue weighted by molar-refractivity contribution is 0.0660. The Morgan fingerprint density at radius 3 is 2.58 bits per heavy atom. The minimum Gasteiger partial charge on any atom is -0.475 e. The van der Waals surface area contributed by atoms with Gasteiger partial charge in [-0.15, -0.1) is 11.3 Å². The van der Waals surface area contributed by atoms with E-state index in [0.717, 1.165) is 27.3 Å². The number of fused-ring (bicyclic) bond motifs is 1. The van der Waals surface area contributed by atoms with Crippen molar-refractivity contribution in [3.8, 4) is 11.1 Å². The van der Waals surface area contributed by atoms with E-state index in [1.165, 1.54) is 28.5 Å². The second kappa shape index (κ2) is 8.15. The zero-order chi connectivity index (χ0) is 22.3. The lowest BCUT2D eigenvalue weighted by atomic mass is 9.99. The Bertz CT molecular complexity index is 1360. The average molecular weight is 437 g/mol. The van der Waals surface area contributed by atoms with E-state index in [2.05, 4.69) is 26.0 Å². The van der Waals surface area contributed by atoms with Crippen LogP contribution in [0.5, 0.6) is 0 Å². The Labute approximate surface area is 183 Å². The number of benzene rings is 1. The van der Waals surface area contributed by atoms with Gasteiger partial charge in [0.25, 0.3) is 5.56 Å². The zero-order valence-corrected chi connectivity index (χ0v) is 18.8. The predicted octanol–water partition coefficient (Wildman–Crippen LogP) is 5.34. The number of carboxylic acid groups (broad SMARTS) is 1. The van der Waals surface area contributed by atoms with Crippen LogP contribution in [0.15, 0.2) is 39.5 Å². The van der Waals surface area contributed by atoms with E-state index in [4.69, 9.17) is 14.5 Å². The van der Waals surface area contributed by atoms with Crippen molar-refractivity contribution in [3.05, 3.63) is 74.0 Å². The summed E-state index contributed by atoms with van der Waals surface area (Å²) in [5.41, 5.74) is 4.17. The van der Waals surface area contributed by atoms with Crippen molar-refractivity contribution >= 4 is 27.5 Å². The van der Waals surface area contributed by atoms with Crippen molar-refractivity contribution < 1.29 is 14.3 Å². The van der Waals surface area contributed by atoms with Crippen molar-refractivity contribution in [1.82, 2.24) is 9.55 Å². The molecule has 31 heavy (non-hydrogen) atoms. The van der Waals surface area contributed by atoms with Crippen molar-refractivity contribution in [1.29, 1.82) is 0 Å². The highest BCUT2D eigenvalue weighted by Gasteiger charge is 2.21. The molecule has 0 unspecified atom stereocenters. The molecule has 160 valence electrons. The highest BCUT2D eigenvalue weighted by molar-refractivity contribution is 7.19. The number of carbonyl (C=O) groups is 1. The van der Waals surface area contributed by atoms with E-state index in [1.54, 1.807) is 10.6 Å². The van der Waals surface area contributed by atoms with Crippen LogP contribution < -0.4 is 5.56 Å². The number of thiophene rings is 1. The van der Waals surface area contributed by atoms with E-state index in [0.29, 0.717) is 23.4 Å². The molecule has 0 radical (unpaired) electrons. The van der Waals surface area contributed by atoms with E-state index in [-0.39, 0.29) is 17.9 Å². The smallest absolute Gasteiger partial charge is 0.371 e. The number of aromatic carboxylic acids is 1. The monoisotopic (exact) mass is 436 g/mol. The SMILES string of the molecule is CCCc1nc2sc(C)c(-c3ccc(C)c(C)c3)c2c(=O)n1Cc1ccc(C(=O)O)o1. The molecule has 4 rings (SSSR count). The Hall–Kier alpha value is -3.19. The summed E-state index contributed by atoms with van der Waals surface area (Å²) in [6, 6.07) is 9.23. The summed E-state index contributed by atoms with van der Waals surface area (Å²) in [4.78, 5) is 31.5. The first-order valence-corrected chi connectivity index (χ1v) is 11.0. The molecular weight excluding hydrogens is 412 g/mol. The molecule has 0 aliphatic rings. The van der Waals surface area contributed by atoms with Gasteiger partial charge in [0, 0.05) is 16.9 Å². The topological polar surface area (TPSA) is 85.3 Å². The van der Waals surface area contributed by atoms with Gasteiger partial charge in [0.2, 0.25) is 5.76 Å². The molecule has 1 N–H and O–H groups in total. The number of carboxylic acids is 1. The lowest BCUT2D eigenvalue weighted by Gasteiger charge is -2.12. The zero-order valence-electron chi connectivity index (χ0n) is 18.0. The van der Waals surface area contributed by atoms with Crippen LogP contribution >= 0.6 is 11.3 Å². The van der Waals surface area contributed by atoms with Crippen LogP contribution in [0, 0.1) is 20.8 Å². The van der Waals surface area contributed by atoms with Crippen LogP contribution in [-0.2, 0) is 13.0 Å². The fraction of sp³-hybridized carbons (Fsp3) is 0.292. The molecule has 0 saturated carbocycles. The molecule has 6 nitrogen and oxygen atoms in total. The maximum atomic E-state index is 13.7. The number of hydrogen-bond donors (Lipinski definition) is 1. The minimum absolute atomic E-state index is 0.126. The molecule has 3 heterocycles. The first-order chi connectivity index (χ1) is 14.8. The molecule has 0 spiro atoms. The molecule has 0 amide bonds. The van der Waals surface area contributed by atoms with Crippen molar-refractivity contribution in [2.45, 2.75) is 47.1 Å². The van der Waals surface area contributed by atoms with E-state index < -0.39 is 5.97 Å². The number of aromatic nitrogens is 2. The minimum atomic E-state index is -1.13. The van der Waals surface area contributed by atoms with Crippen LogP contribution in [0.3, 0.4) is 0 Å². The highest BCUT2D eigenvalue weighted by Crippen LogP contribution is 2.36. The van der Waals surface area contributed by atoms with Crippen molar-refractivity contribution in [2.75, 3.05) is 0 Å². The average Bonchev–Trinajstić information content (AvgIpc) is 3.31. The number of furan rings is 1. The molecule has 4 aromatic rings. The van der Waals surface area contributed by atoms with Gasteiger partial charge in [-0.2, -0.15) is 0 Å². The molecule has 7 heteroatoms. The van der Waals surface area contributed by atoms with Gasteiger partial charge in [0.15, 0.2) is 0 Å². The number of aryl methyl sites for hydroxylation is 4. The van der Waals surface area contributed by atoms with Crippen molar-refractivity contribution in [2.24, 2.45) is 0 Å². The second-order valence-electron chi connectivity index (χ2n) is 7.75. The molecule has 0 fully saturated rings. The number of rotatable bonds is 6. The Balaban J connectivity index is 1.93. The van der Waals surface area contributed by atoms with Gasteiger partial charge in [-0.3, -0.25) is 9.36 Å². The first kappa shape index (κ1) is 21.1. The van der Waals surface area contributed by atoms with E-state index >= 15 is 0 Å². The second-order valence-corrected chi connectivity index (χ2v) is 8.96. The van der Waals surface area contributed by atoms with Crippen molar-refractivity contribution in [3.63, 3.8) is 0 Å². The maximum absolute atomic E-state index is 13.7. The molecule has 0 atom stereocenters. The fourth-order valence-corrected chi connectivity index (χ4v) is 4.85. The molecule has 0 saturated heterocycles. The van der Waals surface area contributed by atoms with Crippen LogP contribution in [0.1, 0.15) is 51.5 Å². The van der Waals surface area contributed by atoms with Gasteiger partial charge < -0.3 is 9.52 Å². The van der Waals surface area contributed by atoms with Crippen LogP contribution in [0.25, 0.3) is 21.3 Å². The maximum Gasteiger partial charge on any atom is 0.371 e. The van der Waals surface area contributed by atoms with Crippen LogP contribution in [0.2, 0.25) is 0 Å². The molecule has 1 aromatic carbocycles. The lowest BCUT2D eigenvalue weighted by Crippen LogP contribution is -2.25. The van der Waals surface area contributed by atoms with E-state index in [1.807, 2.05) is 19.9 Å². The largest absolute Gasteiger partial charge is 0.475 e. The van der Waals surface area contributed by atoms with Crippen LogP contribution in [0.4, 0.5) is 0 Å². The summed E-state index contributed by atoms with van der Waals surface area (Å²) in [6.07, 6.45) is 1.48. The Kier molecular flexibility index (Phi) is 5.54. The van der Waals surface area contributed by atoms with Crippen LogP contribution in [-0.4, -0.2) is 20.6 Å². The summed E-state index contributed by atoms with van der Waals surface area (Å²) in [7, 11) is 0. The molecule has 0 aliphatic heterocycles. The Morgan fingerprint density at radius 2 is 1.94 bits per heavy atom. The molecule has 3 aromatic heterocycles. The summed E-state index contributed by atoms with van der Waals surface area (Å²) in [5.74, 6) is -0.179. The van der Waals surface area contributed by atoms with Gasteiger partial charge in [-0.25, -0.2) is 9.78 Å². The summed E-state index contributed by atoms with van der Waals surface area (Å²) in [6.45, 7) is 8.33. The number of hydrogen-bond acceptors (Lipinski definition) is 5. The standard InChI is InChI=1S/C24H24N2O4S/c1-5-6-19-25-22-21(20(15(4)31-22)16-8-7-13(2)14(3)11-16)23(27)26(19)12-17-9-10-18(30-17)24(28)29/h7-11H,5-6,12H2,1-4H3,(H,28,29). The quantitative estimate of drug-likeness (QED) is 0.441. The summed E-state index contributed by atoms with van der Waals surface area (Å²) >= 11 is 1.54. The van der Waals surface area contributed by atoms with Gasteiger partial charge >= 0.3 is 5.97 Å². The first-order valence-electron chi connectivity index (χ1n) is 10.2. The summed E-state index contributed by atoms with van der Waals surface area (Å²) in [5, 5.41) is 9.74. The van der Waals surface area contributed by atoms with Gasteiger partial charge in [-0.1, -0.05) is 25.1 Å². The third kappa shape index (κ3) is 3.81. The summed E-state index contributed by atoms with van der Waals surface area (Å²) < 4.78 is 7.03. The normalized spacial score (nSPS) is 11.4. The van der Waals surface area contributed by atoms with Gasteiger partial charge in [0.1, 0.15) is 16.4 Å². The molecular formula is C24H24N2O4S. The number of nitrogens with zero attached hydrogens (tertiary/aromatic N) is 2. The van der Waals surface area contributed by atoms with E-state index in [9.17, 15) is 9.59 Å². The molecule has 0 aliphatic carbocycles. The third-order valence-electron chi connectivity index (χ3n) is 5.52. The fourth-order valence-electron chi connectivity index (χ4n) is 3.79. The van der Waals surface area contributed by atoms with Gasteiger partial charge in [0.05, 0.1) is 11.9 Å².